The lowest BCUT2D eigenvalue weighted by Crippen LogP contribution is -2.45. The van der Waals surface area contributed by atoms with Crippen LogP contribution in [0.3, 0.4) is 0 Å². The number of ketones is 1. The second kappa shape index (κ2) is 26.9. The molecule has 0 aliphatic heterocycles. The highest BCUT2D eigenvalue weighted by Crippen LogP contribution is 2.27. The molecule has 0 fully saturated rings. The molecule has 7 heteroatoms. The average molecular weight is 723 g/mol. The average Bonchev–Trinajstić information content (AvgIpc) is 3.12. The van der Waals surface area contributed by atoms with Gasteiger partial charge in [0.05, 0.1) is 12.8 Å². The van der Waals surface area contributed by atoms with Crippen molar-refractivity contribution < 1.29 is 28.6 Å². The molecule has 0 unspecified atom stereocenters. The van der Waals surface area contributed by atoms with Gasteiger partial charge in [-0.2, -0.15) is 0 Å². The molecule has 0 spiro atoms. The van der Waals surface area contributed by atoms with Gasteiger partial charge in [0.15, 0.2) is 5.78 Å². The Balaban J connectivity index is 1.72. The van der Waals surface area contributed by atoms with Gasteiger partial charge in [-0.1, -0.05) is 196 Å². The summed E-state index contributed by atoms with van der Waals surface area (Å²) in [5, 5.41) is 0. The Morgan fingerprint density at radius 3 is 1.31 bits per heavy atom. The standard InChI is InChI=1S/C44H70O6Si/c1-5-6-7-8-9-10-11-12-13-14-15-16-17-18-19-26-33-51(3,4)34-27-32-50-44(39(2)45,35-42(46)48-37-40-28-22-20-23-29-40)36-43(47)49-38-41-30-24-21-25-31-41/h20-25,28-31H,5-19,26-27,32-38H2,1-4H3. The maximum absolute atomic E-state index is 13.1. The van der Waals surface area contributed by atoms with Crippen LogP contribution in [0.1, 0.15) is 147 Å². The zero-order valence-corrected chi connectivity index (χ0v) is 33.7. The van der Waals surface area contributed by atoms with Crippen molar-refractivity contribution in [3.63, 3.8) is 0 Å². The Morgan fingerprint density at radius 1 is 0.549 bits per heavy atom. The zero-order chi connectivity index (χ0) is 37.0. The topological polar surface area (TPSA) is 78.9 Å². The van der Waals surface area contributed by atoms with Gasteiger partial charge >= 0.3 is 11.9 Å². The first-order chi connectivity index (χ1) is 24.7. The largest absolute Gasteiger partial charge is 0.461 e. The van der Waals surface area contributed by atoms with Gasteiger partial charge in [0, 0.05) is 14.7 Å². The number of esters is 2. The van der Waals surface area contributed by atoms with Gasteiger partial charge in [-0.05, 0) is 24.5 Å². The van der Waals surface area contributed by atoms with E-state index in [1.165, 1.54) is 116 Å². The second-order valence-corrected chi connectivity index (χ2v) is 20.7. The monoisotopic (exact) mass is 722 g/mol. The van der Waals surface area contributed by atoms with E-state index >= 15 is 0 Å². The number of ether oxygens (including phenoxy) is 3. The Hall–Kier alpha value is -2.77. The van der Waals surface area contributed by atoms with Crippen LogP contribution in [0.2, 0.25) is 25.2 Å². The van der Waals surface area contributed by atoms with E-state index in [1.54, 1.807) is 0 Å². The normalized spacial score (nSPS) is 11.8. The smallest absolute Gasteiger partial charge is 0.309 e. The number of hydrogen-bond acceptors (Lipinski definition) is 6. The molecule has 0 bridgehead atoms. The van der Waals surface area contributed by atoms with E-state index in [4.69, 9.17) is 14.2 Å². The molecule has 0 amide bonds. The third kappa shape index (κ3) is 21.4. The highest BCUT2D eigenvalue weighted by Gasteiger charge is 2.42. The molecule has 286 valence electrons. The summed E-state index contributed by atoms with van der Waals surface area (Å²) < 4.78 is 17.3. The first-order valence-corrected chi connectivity index (χ1v) is 23.6. The molecule has 0 atom stereocenters. The van der Waals surface area contributed by atoms with Crippen molar-refractivity contribution in [2.75, 3.05) is 6.61 Å². The third-order valence-electron chi connectivity index (χ3n) is 10.1. The number of Topliss-reactive ketones (excluding diaryl/α,β-unsaturated/α-hetero) is 1. The summed E-state index contributed by atoms with van der Waals surface area (Å²) in [6.45, 7) is 8.99. The molecule has 0 aromatic heterocycles. The molecular formula is C44H70O6Si. The van der Waals surface area contributed by atoms with E-state index in [0.717, 1.165) is 23.6 Å². The highest BCUT2D eigenvalue weighted by atomic mass is 28.3. The van der Waals surface area contributed by atoms with Crippen LogP contribution >= 0.6 is 0 Å². The fourth-order valence-corrected chi connectivity index (χ4v) is 9.21. The lowest BCUT2D eigenvalue weighted by molar-refractivity contribution is -0.169. The Kier molecular flexibility index (Phi) is 23.4. The molecule has 2 rings (SSSR count). The maximum atomic E-state index is 13.1. The predicted octanol–water partition coefficient (Wildman–Crippen LogP) is 12.0. The van der Waals surface area contributed by atoms with Gasteiger partial charge in [-0.3, -0.25) is 14.4 Å². The van der Waals surface area contributed by atoms with Crippen LogP contribution in [0.5, 0.6) is 0 Å². The van der Waals surface area contributed by atoms with Crippen LogP contribution in [0.25, 0.3) is 0 Å². The summed E-state index contributed by atoms with van der Waals surface area (Å²) in [5.74, 6) is -1.54. The molecule has 0 N–H and O–H groups in total. The molecule has 0 radical (unpaired) electrons. The van der Waals surface area contributed by atoms with Gasteiger partial charge in [0.2, 0.25) is 0 Å². The van der Waals surface area contributed by atoms with E-state index in [9.17, 15) is 14.4 Å². The van der Waals surface area contributed by atoms with Gasteiger partial charge in [-0.25, -0.2) is 0 Å². The summed E-state index contributed by atoms with van der Waals surface area (Å²) in [4.78, 5) is 39.2. The molecule has 2 aromatic rings. The Bertz CT molecular complexity index is 1140. The lowest BCUT2D eigenvalue weighted by Gasteiger charge is -2.31. The molecule has 51 heavy (non-hydrogen) atoms. The van der Waals surface area contributed by atoms with Gasteiger partial charge < -0.3 is 14.2 Å². The van der Waals surface area contributed by atoms with E-state index in [2.05, 4.69) is 20.0 Å². The van der Waals surface area contributed by atoms with Crippen molar-refractivity contribution in [3.8, 4) is 0 Å². The van der Waals surface area contributed by atoms with Crippen LogP contribution in [-0.4, -0.2) is 38.0 Å². The van der Waals surface area contributed by atoms with Gasteiger partial charge in [-0.15, -0.1) is 0 Å². The van der Waals surface area contributed by atoms with Gasteiger partial charge in [0.25, 0.3) is 0 Å². The molecule has 0 heterocycles. The molecule has 0 aliphatic carbocycles. The number of carbonyl (C=O) groups excluding carboxylic acids is 3. The van der Waals surface area contributed by atoms with E-state index < -0.39 is 25.6 Å². The van der Waals surface area contributed by atoms with Crippen molar-refractivity contribution in [2.24, 2.45) is 0 Å². The number of hydrogen-bond donors (Lipinski definition) is 0. The molecular weight excluding hydrogens is 653 g/mol. The second-order valence-electron chi connectivity index (χ2n) is 15.4. The highest BCUT2D eigenvalue weighted by molar-refractivity contribution is 6.77. The van der Waals surface area contributed by atoms with Crippen LogP contribution in [-0.2, 0) is 41.8 Å². The first-order valence-electron chi connectivity index (χ1n) is 20.2. The van der Waals surface area contributed by atoms with Crippen molar-refractivity contribution in [3.05, 3.63) is 71.8 Å². The summed E-state index contributed by atoms with van der Waals surface area (Å²) >= 11 is 0. The number of benzene rings is 2. The van der Waals surface area contributed by atoms with Crippen LogP contribution < -0.4 is 0 Å². The summed E-state index contributed by atoms with van der Waals surface area (Å²) in [5.41, 5.74) is 0.0687. The maximum Gasteiger partial charge on any atom is 0.309 e. The minimum atomic E-state index is -1.62. The SMILES string of the molecule is CCCCCCCCCCCCCCCCCC[Si](C)(C)CCCOC(CC(=O)OCc1ccccc1)(CC(=O)OCc1ccccc1)C(C)=O. The quantitative estimate of drug-likeness (QED) is 0.0438. The van der Waals surface area contributed by atoms with Crippen LogP contribution in [0.15, 0.2) is 60.7 Å². The minimum Gasteiger partial charge on any atom is -0.461 e. The molecule has 0 saturated carbocycles. The molecule has 6 nitrogen and oxygen atoms in total. The van der Waals surface area contributed by atoms with Crippen molar-refractivity contribution in [2.45, 2.75) is 180 Å². The first kappa shape index (κ1) is 44.4. The van der Waals surface area contributed by atoms with Crippen LogP contribution in [0.4, 0.5) is 0 Å². The summed E-state index contributed by atoms with van der Waals surface area (Å²) in [7, 11) is -1.45. The number of rotatable bonds is 31. The zero-order valence-electron chi connectivity index (χ0n) is 32.7. The van der Waals surface area contributed by atoms with Gasteiger partial charge in [0.1, 0.15) is 18.8 Å². The van der Waals surface area contributed by atoms with E-state index in [1.807, 2.05) is 60.7 Å². The fourth-order valence-electron chi connectivity index (χ4n) is 6.65. The molecule has 2 aromatic carbocycles. The van der Waals surface area contributed by atoms with Crippen LogP contribution in [0, 0.1) is 0 Å². The number of unbranched alkanes of at least 4 members (excludes halogenated alkanes) is 15. The van der Waals surface area contributed by atoms with Crippen molar-refractivity contribution in [1.29, 1.82) is 0 Å². The molecule has 0 saturated heterocycles. The fraction of sp³-hybridized carbons (Fsp3) is 0.659. The Morgan fingerprint density at radius 2 is 0.922 bits per heavy atom. The van der Waals surface area contributed by atoms with E-state index in [-0.39, 0.29) is 31.8 Å². The predicted molar refractivity (Wildman–Crippen MR) is 212 cm³/mol. The number of carbonyl (C=O) groups is 3. The van der Waals surface area contributed by atoms with E-state index in [0.29, 0.717) is 6.61 Å². The molecule has 0 aliphatic rings. The van der Waals surface area contributed by atoms with Crippen molar-refractivity contribution >= 4 is 25.8 Å². The Labute approximate surface area is 311 Å². The lowest BCUT2D eigenvalue weighted by atomic mass is 9.90. The summed E-state index contributed by atoms with van der Waals surface area (Å²) in [6.07, 6.45) is 22.2. The third-order valence-corrected chi connectivity index (χ3v) is 13.5. The van der Waals surface area contributed by atoms with Crippen molar-refractivity contribution in [1.82, 2.24) is 0 Å². The summed E-state index contributed by atoms with van der Waals surface area (Å²) in [6, 6.07) is 21.1. The minimum absolute atomic E-state index is 0.0885.